The van der Waals surface area contributed by atoms with Crippen molar-refractivity contribution in [2.45, 2.75) is 31.6 Å². The van der Waals surface area contributed by atoms with Crippen molar-refractivity contribution in [3.63, 3.8) is 0 Å². The highest BCUT2D eigenvalue weighted by atomic mass is 19.3. The minimum absolute atomic E-state index is 0.100. The predicted octanol–water partition coefficient (Wildman–Crippen LogP) is 2.50. The van der Waals surface area contributed by atoms with Gasteiger partial charge in [-0.3, -0.25) is 4.79 Å². The lowest BCUT2D eigenvalue weighted by Gasteiger charge is -2.34. The van der Waals surface area contributed by atoms with Crippen LogP contribution in [-0.4, -0.2) is 25.8 Å². The third-order valence-electron chi connectivity index (χ3n) is 4.51. The molecule has 1 fully saturated rings. The molecule has 1 aliphatic rings. The number of halogens is 2. The van der Waals surface area contributed by atoms with Crippen molar-refractivity contribution in [2.75, 3.05) is 0 Å². The molecule has 0 radical (unpaired) electrons. The van der Waals surface area contributed by atoms with Crippen molar-refractivity contribution in [1.82, 2.24) is 19.9 Å². The molecule has 4 rings (SSSR count). The highest BCUT2D eigenvalue weighted by Crippen LogP contribution is 2.43. The van der Waals surface area contributed by atoms with E-state index >= 15 is 0 Å². The molecule has 0 atom stereocenters. The Morgan fingerprint density at radius 2 is 2.00 bits per heavy atom. The first-order valence-corrected chi connectivity index (χ1v) is 8.05. The number of hydrogen-bond donors (Lipinski definition) is 0. The second-order valence-corrected chi connectivity index (χ2v) is 6.54. The summed E-state index contributed by atoms with van der Waals surface area (Å²) in [7, 11) is 1.59. The zero-order chi connectivity index (χ0) is 17.6. The summed E-state index contributed by atoms with van der Waals surface area (Å²) in [6.07, 6.45) is 0.427. The van der Waals surface area contributed by atoms with Crippen LogP contribution in [0.3, 0.4) is 0 Å². The summed E-state index contributed by atoms with van der Waals surface area (Å²) in [5.74, 6) is -1.85. The molecule has 2 heterocycles. The van der Waals surface area contributed by atoms with Crippen LogP contribution >= 0.6 is 0 Å². The van der Waals surface area contributed by atoms with E-state index in [1.807, 2.05) is 12.1 Å². The van der Waals surface area contributed by atoms with Gasteiger partial charge in [0, 0.05) is 31.7 Å². The van der Waals surface area contributed by atoms with Crippen molar-refractivity contribution in [2.24, 2.45) is 13.0 Å². The highest BCUT2D eigenvalue weighted by molar-refractivity contribution is 5.83. The zero-order valence-corrected chi connectivity index (χ0v) is 13.6. The van der Waals surface area contributed by atoms with Gasteiger partial charge in [-0.2, -0.15) is 10.1 Å². The zero-order valence-electron chi connectivity index (χ0n) is 13.6. The summed E-state index contributed by atoms with van der Waals surface area (Å²) in [6.45, 7) is 0. The fourth-order valence-electron chi connectivity index (χ4n) is 3.28. The number of fused-ring (bicyclic) bond motifs is 1. The van der Waals surface area contributed by atoms with E-state index in [0.29, 0.717) is 29.2 Å². The van der Waals surface area contributed by atoms with Crippen molar-refractivity contribution in [1.29, 1.82) is 0 Å². The van der Waals surface area contributed by atoms with E-state index in [9.17, 15) is 13.6 Å². The number of aryl methyl sites for hydroxylation is 1. The van der Waals surface area contributed by atoms with Crippen molar-refractivity contribution < 1.29 is 13.3 Å². The average molecular weight is 346 g/mol. The molecule has 0 amide bonds. The summed E-state index contributed by atoms with van der Waals surface area (Å²) in [5, 5.41) is 9.48. The van der Waals surface area contributed by atoms with E-state index in [4.69, 9.17) is 4.52 Å². The van der Waals surface area contributed by atoms with Gasteiger partial charge >= 0.3 is 0 Å². The number of nitrogens with zero attached hydrogens (tertiary/aromatic N) is 4. The molecule has 0 saturated heterocycles. The van der Waals surface area contributed by atoms with Crippen LogP contribution in [0, 0.1) is 5.92 Å². The van der Waals surface area contributed by atoms with E-state index in [-0.39, 0.29) is 30.7 Å². The van der Waals surface area contributed by atoms with Gasteiger partial charge in [-0.25, -0.2) is 13.5 Å². The van der Waals surface area contributed by atoms with Crippen LogP contribution in [-0.2, 0) is 19.9 Å². The summed E-state index contributed by atoms with van der Waals surface area (Å²) >= 11 is 0. The molecule has 0 unspecified atom stereocenters. The number of hydrogen-bond acceptors (Lipinski definition) is 5. The minimum Gasteiger partial charge on any atom is -0.339 e. The van der Waals surface area contributed by atoms with Crippen molar-refractivity contribution >= 4 is 10.8 Å². The lowest BCUT2D eigenvalue weighted by molar-refractivity contribution is -0.110. The van der Waals surface area contributed by atoms with Crippen LogP contribution in [0.5, 0.6) is 0 Å². The third kappa shape index (κ3) is 3.04. The molecule has 0 N–H and O–H groups in total. The largest absolute Gasteiger partial charge is 0.339 e. The van der Waals surface area contributed by atoms with Crippen LogP contribution in [0.15, 0.2) is 33.6 Å². The van der Waals surface area contributed by atoms with E-state index < -0.39 is 5.92 Å². The lowest BCUT2D eigenvalue weighted by Crippen LogP contribution is -2.36. The van der Waals surface area contributed by atoms with Gasteiger partial charge in [0.2, 0.25) is 11.8 Å². The van der Waals surface area contributed by atoms with Crippen molar-refractivity contribution in [3.8, 4) is 0 Å². The standard InChI is InChI=1S/C17H16F2N4O2/c1-23-16(24)12-5-3-2-4-11(12)13(21-23)7-15-20-14(22-25-15)6-10-8-17(18,19)9-10/h2-5,10H,6-9H2,1H3. The Morgan fingerprint density at radius 1 is 1.28 bits per heavy atom. The molecular formula is C17H16F2N4O2. The molecule has 2 aromatic heterocycles. The number of aromatic nitrogens is 4. The first kappa shape index (κ1) is 15.9. The summed E-state index contributed by atoms with van der Waals surface area (Å²) in [6, 6.07) is 7.21. The molecule has 0 aliphatic heterocycles. The molecule has 1 aliphatic carbocycles. The number of alkyl halides is 2. The lowest BCUT2D eigenvalue weighted by atomic mass is 9.79. The summed E-state index contributed by atoms with van der Waals surface area (Å²) < 4.78 is 32.3. The van der Waals surface area contributed by atoms with E-state index in [2.05, 4.69) is 15.2 Å². The first-order valence-electron chi connectivity index (χ1n) is 8.05. The number of rotatable bonds is 4. The minimum atomic E-state index is -2.55. The van der Waals surface area contributed by atoms with Gasteiger partial charge in [-0.05, 0) is 12.0 Å². The second kappa shape index (κ2) is 5.72. The molecule has 1 aromatic carbocycles. The van der Waals surface area contributed by atoms with Crippen LogP contribution in [0.1, 0.15) is 30.3 Å². The van der Waals surface area contributed by atoms with Crippen LogP contribution < -0.4 is 5.56 Å². The molecular weight excluding hydrogens is 330 g/mol. The summed E-state index contributed by atoms with van der Waals surface area (Å²) in [5.41, 5.74) is 0.486. The molecule has 0 bridgehead atoms. The second-order valence-electron chi connectivity index (χ2n) is 6.54. The highest BCUT2D eigenvalue weighted by Gasteiger charge is 2.45. The molecule has 0 spiro atoms. The molecule has 130 valence electrons. The molecule has 1 saturated carbocycles. The predicted molar refractivity (Wildman–Crippen MR) is 85.5 cm³/mol. The monoisotopic (exact) mass is 346 g/mol. The summed E-state index contributed by atoms with van der Waals surface area (Å²) in [4.78, 5) is 16.4. The molecule has 6 nitrogen and oxygen atoms in total. The first-order chi connectivity index (χ1) is 11.9. The van der Waals surface area contributed by atoms with Gasteiger partial charge in [0.25, 0.3) is 5.56 Å². The van der Waals surface area contributed by atoms with Gasteiger partial charge < -0.3 is 4.52 Å². The van der Waals surface area contributed by atoms with E-state index in [0.717, 1.165) is 5.39 Å². The molecule has 25 heavy (non-hydrogen) atoms. The third-order valence-corrected chi connectivity index (χ3v) is 4.51. The fourth-order valence-corrected chi connectivity index (χ4v) is 3.28. The Morgan fingerprint density at radius 3 is 2.72 bits per heavy atom. The van der Waals surface area contributed by atoms with Crippen molar-refractivity contribution in [3.05, 3.63) is 52.0 Å². The van der Waals surface area contributed by atoms with E-state index in [1.165, 1.54) is 4.68 Å². The number of benzene rings is 1. The molecule has 3 aromatic rings. The smallest absolute Gasteiger partial charge is 0.274 e. The van der Waals surface area contributed by atoms with Gasteiger partial charge in [-0.15, -0.1) is 0 Å². The topological polar surface area (TPSA) is 73.8 Å². The maximum Gasteiger partial charge on any atom is 0.274 e. The SMILES string of the molecule is Cn1nc(Cc2nc(CC3CC(F)(F)C3)no2)c2ccccc2c1=O. The Bertz CT molecular complexity index is 988. The Labute approximate surface area is 141 Å². The Kier molecular flexibility index (Phi) is 3.63. The van der Waals surface area contributed by atoms with E-state index in [1.54, 1.807) is 19.2 Å². The normalized spacial score (nSPS) is 16.9. The van der Waals surface area contributed by atoms with Gasteiger partial charge in [0.05, 0.1) is 17.5 Å². The van der Waals surface area contributed by atoms with Gasteiger partial charge in [0.1, 0.15) is 0 Å². The average Bonchev–Trinajstić information content (AvgIpc) is 2.98. The molecule has 8 heteroatoms. The van der Waals surface area contributed by atoms with Crippen LogP contribution in [0.4, 0.5) is 8.78 Å². The van der Waals surface area contributed by atoms with Crippen LogP contribution in [0.25, 0.3) is 10.8 Å². The van der Waals surface area contributed by atoms with Gasteiger partial charge in [-0.1, -0.05) is 23.4 Å². The fraction of sp³-hybridized carbons (Fsp3) is 0.412. The Hall–Kier alpha value is -2.64. The maximum atomic E-state index is 12.9. The van der Waals surface area contributed by atoms with Gasteiger partial charge in [0.15, 0.2) is 5.82 Å². The van der Waals surface area contributed by atoms with Crippen LogP contribution in [0.2, 0.25) is 0 Å². The maximum absolute atomic E-state index is 12.9. The quantitative estimate of drug-likeness (QED) is 0.726. The Balaban J connectivity index is 1.56.